The Morgan fingerprint density at radius 3 is 2.60 bits per heavy atom. The van der Waals surface area contributed by atoms with Gasteiger partial charge in [0, 0.05) is 17.5 Å². The van der Waals surface area contributed by atoms with E-state index in [1.54, 1.807) is 6.26 Å². The molecule has 0 bridgehead atoms. The summed E-state index contributed by atoms with van der Waals surface area (Å²) in [6, 6.07) is 2.21. The van der Waals surface area contributed by atoms with Crippen molar-refractivity contribution in [2.24, 2.45) is 0 Å². The Bertz CT molecular complexity index is 1300. The number of halogens is 4. The highest BCUT2D eigenvalue weighted by Gasteiger charge is 2.18. The lowest BCUT2D eigenvalue weighted by atomic mass is 10.1. The van der Waals surface area contributed by atoms with Gasteiger partial charge in [-0.2, -0.15) is 0 Å². The number of aromatic nitrogens is 5. The Hall–Kier alpha value is -2.98. The Balaban J connectivity index is 1.88. The largest absolute Gasteiger partial charge is 0.296 e. The predicted molar refractivity (Wildman–Crippen MR) is 105 cm³/mol. The van der Waals surface area contributed by atoms with Gasteiger partial charge in [0.2, 0.25) is 0 Å². The topological polar surface area (TPSA) is 73.0 Å². The maximum Gasteiger partial charge on any atom is 0.181 e. The van der Waals surface area contributed by atoms with E-state index in [0.717, 1.165) is 30.1 Å². The zero-order valence-corrected chi connectivity index (χ0v) is 16.8. The van der Waals surface area contributed by atoms with E-state index in [0.29, 0.717) is 6.29 Å². The zero-order chi connectivity index (χ0) is 21.4. The second-order valence-electron chi connectivity index (χ2n) is 6.15. The van der Waals surface area contributed by atoms with E-state index in [9.17, 15) is 18.0 Å². The number of hydrogen-bond donors (Lipinski definition) is 0. The van der Waals surface area contributed by atoms with Crippen LogP contribution in [0.5, 0.6) is 0 Å². The molecular weight excluding hydrogens is 439 g/mol. The van der Waals surface area contributed by atoms with Gasteiger partial charge in [0.25, 0.3) is 0 Å². The van der Waals surface area contributed by atoms with Gasteiger partial charge >= 0.3 is 0 Å². The number of thioether (sulfide) groups is 1. The summed E-state index contributed by atoms with van der Waals surface area (Å²) in [4.78, 5) is 27.8. The third-order valence-electron chi connectivity index (χ3n) is 4.32. The SMILES string of the molecule is CSc1cc(F)c(Cc2nc(-c3ncc(F)c(Cl)n3)cn3c(C=O)cnc23)cc1F. The van der Waals surface area contributed by atoms with Crippen molar-refractivity contribution >= 4 is 35.3 Å². The molecule has 0 N–H and O–H groups in total. The fourth-order valence-electron chi connectivity index (χ4n) is 2.90. The van der Waals surface area contributed by atoms with E-state index >= 15 is 0 Å². The Morgan fingerprint density at radius 1 is 1.10 bits per heavy atom. The molecule has 152 valence electrons. The van der Waals surface area contributed by atoms with E-state index in [-0.39, 0.29) is 45.4 Å². The number of benzene rings is 1. The van der Waals surface area contributed by atoms with Gasteiger partial charge in [0.15, 0.2) is 28.7 Å². The summed E-state index contributed by atoms with van der Waals surface area (Å²) in [5.74, 6) is -1.96. The average molecular weight is 450 g/mol. The summed E-state index contributed by atoms with van der Waals surface area (Å²) >= 11 is 6.82. The van der Waals surface area contributed by atoms with Crippen molar-refractivity contribution in [2.45, 2.75) is 11.3 Å². The van der Waals surface area contributed by atoms with Crippen LogP contribution < -0.4 is 0 Å². The van der Waals surface area contributed by atoms with E-state index in [1.807, 2.05) is 0 Å². The first-order valence-electron chi connectivity index (χ1n) is 8.43. The molecule has 3 aromatic heterocycles. The predicted octanol–water partition coefficient (Wildman–Crippen LogP) is 4.38. The van der Waals surface area contributed by atoms with Crippen LogP contribution in [0.4, 0.5) is 13.2 Å². The summed E-state index contributed by atoms with van der Waals surface area (Å²) in [5, 5.41) is -0.398. The minimum atomic E-state index is -0.802. The molecule has 6 nitrogen and oxygen atoms in total. The van der Waals surface area contributed by atoms with Crippen molar-refractivity contribution in [3.8, 4) is 11.5 Å². The molecule has 0 atom stereocenters. The lowest BCUT2D eigenvalue weighted by molar-refractivity contribution is 0.111. The van der Waals surface area contributed by atoms with Crippen LogP contribution in [0, 0.1) is 17.5 Å². The molecule has 0 radical (unpaired) electrons. The maximum atomic E-state index is 14.5. The summed E-state index contributed by atoms with van der Waals surface area (Å²) in [6.45, 7) is 0. The number of rotatable bonds is 5. The first kappa shape index (κ1) is 20.3. The first-order chi connectivity index (χ1) is 14.4. The fraction of sp³-hybridized carbons (Fsp3) is 0.105. The Morgan fingerprint density at radius 2 is 1.90 bits per heavy atom. The number of imidazole rings is 1. The minimum Gasteiger partial charge on any atom is -0.296 e. The molecule has 4 rings (SSSR count). The molecule has 0 unspecified atom stereocenters. The number of fused-ring (bicyclic) bond motifs is 1. The Labute approximate surface area is 177 Å². The fourth-order valence-corrected chi connectivity index (χ4v) is 3.50. The van der Waals surface area contributed by atoms with Crippen molar-refractivity contribution in [1.82, 2.24) is 24.3 Å². The quantitative estimate of drug-likeness (QED) is 0.256. The average Bonchev–Trinajstić information content (AvgIpc) is 3.15. The van der Waals surface area contributed by atoms with Crippen molar-refractivity contribution < 1.29 is 18.0 Å². The molecular formula is C19H11ClF3N5OS. The van der Waals surface area contributed by atoms with Gasteiger partial charge in [-0.25, -0.2) is 33.1 Å². The van der Waals surface area contributed by atoms with Gasteiger partial charge in [0.1, 0.15) is 23.0 Å². The second kappa shape index (κ2) is 8.04. The Kier molecular flexibility index (Phi) is 5.44. The molecule has 30 heavy (non-hydrogen) atoms. The number of carbonyl (C=O) groups excluding carboxylic acids is 1. The summed E-state index contributed by atoms with van der Waals surface area (Å²) < 4.78 is 43.6. The molecule has 0 spiro atoms. The minimum absolute atomic E-state index is 0.000479. The van der Waals surface area contributed by atoms with E-state index < -0.39 is 22.6 Å². The lowest BCUT2D eigenvalue weighted by Crippen LogP contribution is -2.05. The van der Waals surface area contributed by atoms with Crippen molar-refractivity contribution in [1.29, 1.82) is 0 Å². The molecule has 3 heterocycles. The molecule has 0 aliphatic rings. The van der Waals surface area contributed by atoms with Crippen molar-refractivity contribution in [3.63, 3.8) is 0 Å². The van der Waals surface area contributed by atoms with Gasteiger partial charge in [-0.05, 0) is 24.0 Å². The third-order valence-corrected chi connectivity index (χ3v) is 5.34. The molecule has 0 saturated heterocycles. The zero-order valence-electron chi connectivity index (χ0n) is 15.2. The van der Waals surface area contributed by atoms with E-state index in [4.69, 9.17) is 11.6 Å². The smallest absolute Gasteiger partial charge is 0.181 e. The molecule has 0 aliphatic carbocycles. The van der Waals surface area contributed by atoms with Crippen LogP contribution in [-0.4, -0.2) is 36.9 Å². The second-order valence-corrected chi connectivity index (χ2v) is 7.36. The van der Waals surface area contributed by atoms with Crippen LogP contribution in [0.25, 0.3) is 17.2 Å². The van der Waals surface area contributed by atoms with Crippen LogP contribution in [0.3, 0.4) is 0 Å². The molecule has 1 aromatic carbocycles. The van der Waals surface area contributed by atoms with Crippen LogP contribution in [0.15, 0.2) is 35.6 Å². The van der Waals surface area contributed by atoms with E-state index in [1.165, 1.54) is 16.8 Å². The van der Waals surface area contributed by atoms with Crippen LogP contribution in [0.2, 0.25) is 5.15 Å². The molecule has 0 fully saturated rings. The summed E-state index contributed by atoms with van der Waals surface area (Å²) in [6.07, 6.45) is 5.77. The highest BCUT2D eigenvalue weighted by molar-refractivity contribution is 7.98. The maximum absolute atomic E-state index is 14.5. The lowest BCUT2D eigenvalue weighted by Gasteiger charge is -2.10. The highest BCUT2D eigenvalue weighted by Crippen LogP contribution is 2.26. The molecule has 0 amide bonds. The van der Waals surface area contributed by atoms with Gasteiger partial charge in [-0.15, -0.1) is 11.8 Å². The molecule has 11 heteroatoms. The standard InChI is InChI=1S/C19H11ClF3N5OS/c1-30-16-4-11(21)9(2-12(16)22)3-14-19-25-5-10(8-29)28(19)7-15(26-14)18-24-6-13(23)17(20)27-18/h2,4-8H,3H2,1H3. The monoisotopic (exact) mass is 449 g/mol. The number of nitrogens with zero attached hydrogens (tertiary/aromatic N) is 5. The molecule has 4 aromatic rings. The summed E-state index contributed by atoms with van der Waals surface area (Å²) in [5.41, 5.74) is 0.947. The van der Waals surface area contributed by atoms with Gasteiger partial charge in [-0.3, -0.25) is 9.20 Å². The molecule has 0 aliphatic heterocycles. The first-order valence-corrected chi connectivity index (χ1v) is 10.0. The molecule has 0 saturated carbocycles. The number of aldehydes is 1. The van der Waals surface area contributed by atoms with Gasteiger partial charge < -0.3 is 0 Å². The van der Waals surface area contributed by atoms with Gasteiger partial charge in [-0.1, -0.05) is 11.6 Å². The number of carbonyl (C=O) groups is 1. The van der Waals surface area contributed by atoms with Crippen molar-refractivity contribution in [2.75, 3.05) is 6.26 Å². The highest BCUT2D eigenvalue weighted by atomic mass is 35.5. The van der Waals surface area contributed by atoms with E-state index in [2.05, 4.69) is 19.9 Å². The van der Waals surface area contributed by atoms with Crippen LogP contribution in [0.1, 0.15) is 21.7 Å². The normalized spacial score (nSPS) is 11.2. The summed E-state index contributed by atoms with van der Waals surface area (Å²) in [7, 11) is 0. The van der Waals surface area contributed by atoms with Crippen LogP contribution in [-0.2, 0) is 6.42 Å². The van der Waals surface area contributed by atoms with Crippen molar-refractivity contribution in [3.05, 3.63) is 70.3 Å². The van der Waals surface area contributed by atoms with Gasteiger partial charge in [0.05, 0.1) is 18.1 Å². The number of hydrogen-bond acceptors (Lipinski definition) is 6. The van der Waals surface area contributed by atoms with Crippen LogP contribution >= 0.6 is 23.4 Å². The third kappa shape index (κ3) is 3.63.